The van der Waals surface area contributed by atoms with Crippen LogP contribution < -0.4 is 0 Å². The van der Waals surface area contributed by atoms with Gasteiger partial charge in [0, 0.05) is 14.2 Å². The monoisotopic (exact) mass is 270 g/mol. The van der Waals surface area contributed by atoms with E-state index >= 15 is 0 Å². The molecule has 5 nitrogen and oxygen atoms in total. The second-order valence-electron chi connectivity index (χ2n) is 2.10. The second-order valence-corrected chi connectivity index (χ2v) is 8.72. The van der Waals surface area contributed by atoms with Crippen molar-refractivity contribution in [2.24, 2.45) is 0 Å². The molecule has 0 aliphatic carbocycles. The maximum atomic E-state index is 11.2. The first-order valence-corrected chi connectivity index (χ1v) is 8.52. The van der Waals surface area contributed by atoms with Gasteiger partial charge < -0.3 is 9.47 Å². The standard InChI is InChI=1S/C4H10Cl2O5P2/c1-9-3-12(5,7)11-13(6,8)4-10-2/h3-4H2,1-2H3/t12-,13-/m0/s1. The summed E-state index contributed by atoms with van der Waals surface area (Å²) >= 11 is 10.7. The highest BCUT2D eigenvalue weighted by Crippen LogP contribution is 2.68. The van der Waals surface area contributed by atoms with Gasteiger partial charge in [-0.3, -0.25) is 9.13 Å². The minimum absolute atomic E-state index is 0.352. The van der Waals surface area contributed by atoms with Crippen LogP contribution in [0.25, 0.3) is 0 Å². The summed E-state index contributed by atoms with van der Waals surface area (Å²) in [6.45, 7) is -7.14. The molecule has 0 aromatic heterocycles. The number of hydrogen-bond acceptors (Lipinski definition) is 5. The molecular formula is C4H10Cl2O5P2. The van der Waals surface area contributed by atoms with Crippen LogP contribution in [0.3, 0.4) is 0 Å². The van der Waals surface area contributed by atoms with Crippen LogP contribution >= 0.6 is 35.9 Å². The summed E-state index contributed by atoms with van der Waals surface area (Å²) in [6, 6.07) is 0. The maximum absolute atomic E-state index is 11.2. The van der Waals surface area contributed by atoms with Crippen molar-refractivity contribution in [3.8, 4) is 0 Å². The van der Waals surface area contributed by atoms with Crippen molar-refractivity contribution < 1.29 is 22.9 Å². The molecule has 80 valence electrons. The van der Waals surface area contributed by atoms with E-state index in [2.05, 4.69) is 13.8 Å². The molecule has 0 aliphatic heterocycles. The molecule has 0 aromatic rings. The van der Waals surface area contributed by atoms with Crippen LogP contribution in [0.1, 0.15) is 0 Å². The lowest BCUT2D eigenvalue weighted by molar-refractivity contribution is 0.233. The zero-order valence-corrected chi connectivity index (χ0v) is 10.4. The minimum atomic E-state index is -3.57. The number of hydrogen-bond donors (Lipinski definition) is 0. The molecule has 0 rings (SSSR count). The molecule has 0 radical (unpaired) electrons. The lowest BCUT2D eigenvalue weighted by atomic mass is 11.5. The molecule has 2 atom stereocenters. The molecule has 0 saturated carbocycles. The number of ether oxygens (including phenoxy) is 2. The third-order valence-corrected chi connectivity index (χ3v) is 5.59. The topological polar surface area (TPSA) is 61.8 Å². The van der Waals surface area contributed by atoms with Crippen LogP contribution in [0, 0.1) is 0 Å². The molecule has 0 N–H and O–H groups in total. The summed E-state index contributed by atoms with van der Waals surface area (Å²) in [6.07, 6.45) is -0.704. The molecular weight excluding hydrogens is 261 g/mol. The Morgan fingerprint density at radius 1 is 1.00 bits per heavy atom. The Labute approximate surface area is 86.1 Å². The van der Waals surface area contributed by atoms with Gasteiger partial charge in [-0.1, -0.05) is 0 Å². The van der Waals surface area contributed by atoms with E-state index in [-0.39, 0.29) is 12.7 Å². The van der Waals surface area contributed by atoms with Crippen LogP contribution in [0.2, 0.25) is 0 Å². The summed E-state index contributed by atoms with van der Waals surface area (Å²) < 4.78 is 35.9. The van der Waals surface area contributed by atoms with E-state index in [1.807, 2.05) is 0 Å². The van der Waals surface area contributed by atoms with Crippen molar-refractivity contribution >= 4 is 35.9 Å². The van der Waals surface area contributed by atoms with Crippen LogP contribution in [0.15, 0.2) is 0 Å². The highest BCUT2D eigenvalue weighted by Gasteiger charge is 2.31. The minimum Gasteiger partial charge on any atom is -0.373 e. The van der Waals surface area contributed by atoms with Gasteiger partial charge in [-0.05, 0) is 22.5 Å². The Bertz CT molecular complexity index is 221. The third-order valence-electron chi connectivity index (χ3n) is 0.810. The van der Waals surface area contributed by atoms with E-state index in [0.29, 0.717) is 0 Å². The highest BCUT2D eigenvalue weighted by atomic mass is 35.7. The Hall–Kier alpha value is 0.920. The molecule has 0 aromatic carbocycles. The molecule has 0 bridgehead atoms. The zero-order valence-electron chi connectivity index (χ0n) is 7.11. The van der Waals surface area contributed by atoms with E-state index in [1.165, 1.54) is 14.2 Å². The zero-order chi connectivity index (χ0) is 10.5. The molecule has 0 saturated heterocycles. The molecule has 0 spiro atoms. The Morgan fingerprint density at radius 2 is 1.31 bits per heavy atom. The molecule has 0 unspecified atom stereocenters. The van der Waals surface area contributed by atoms with Gasteiger partial charge in [0.15, 0.2) is 0 Å². The van der Waals surface area contributed by atoms with E-state index in [9.17, 15) is 9.13 Å². The number of methoxy groups -OCH3 is 2. The fourth-order valence-corrected chi connectivity index (χ4v) is 5.65. The van der Waals surface area contributed by atoms with Gasteiger partial charge in [-0.25, -0.2) is 4.31 Å². The van der Waals surface area contributed by atoms with Gasteiger partial charge >= 0.3 is 13.4 Å². The van der Waals surface area contributed by atoms with Crippen LogP contribution in [-0.4, -0.2) is 26.9 Å². The lowest BCUT2D eigenvalue weighted by Gasteiger charge is -2.14. The summed E-state index contributed by atoms with van der Waals surface area (Å²) in [5.74, 6) is 0. The van der Waals surface area contributed by atoms with Crippen molar-refractivity contribution in [3.63, 3.8) is 0 Å². The van der Waals surface area contributed by atoms with Gasteiger partial charge in [0.2, 0.25) is 0 Å². The Balaban J connectivity index is 4.25. The smallest absolute Gasteiger partial charge is 0.321 e. The highest BCUT2D eigenvalue weighted by molar-refractivity contribution is 7.96. The summed E-state index contributed by atoms with van der Waals surface area (Å²) in [5, 5.41) is 0. The van der Waals surface area contributed by atoms with Gasteiger partial charge in [0.1, 0.15) is 12.7 Å². The van der Waals surface area contributed by atoms with E-state index in [0.717, 1.165) is 0 Å². The fourth-order valence-electron chi connectivity index (χ4n) is 0.538. The first-order chi connectivity index (χ1) is 5.83. The fraction of sp³-hybridized carbons (Fsp3) is 1.00. The predicted molar refractivity (Wildman–Crippen MR) is 51.8 cm³/mol. The van der Waals surface area contributed by atoms with Crippen molar-refractivity contribution in [1.82, 2.24) is 0 Å². The van der Waals surface area contributed by atoms with Gasteiger partial charge in [0.05, 0.1) is 0 Å². The van der Waals surface area contributed by atoms with Gasteiger partial charge in [0.25, 0.3) is 0 Å². The van der Waals surface area contributed by atoms with Gasteiger partial charge in [-0.15, -0.1) is 0 Å². The molecule has 0 fully saturated rings. The van der Waals surface area contributed by atoms with Crippen molar-refractivity contribution in [1.29, 1.82) is 0 Å². The molecule has 0 aliphatic rings. The Morgan fingerprint density at radius 3 is 1.54 bits per heavy atom. The average molecular weight is 271 g/mol. The largest absolute Gasteiger partial charge is 0.373 e. The molecule has 13 heavy (non-hydrogen) atoms. The maximum Gasteiger partial charge on any atom is 0.321 e. The summed E-state index contributed by atoms with van der Waals surface area (Å²) in [4.78, 5) is 0. The van der Waals surface area contributed by atoms with E-state index < -0.39 is 13.4 Å². The van der Waals surface area contributed by atoms with Crippen molar-refractivity contribution in [2.75, 3.05) is 26.9 Å². The average Bonchev–Trinajstić information content (AvgIpc) is 1.82. The first kappa shape index (κ1) is 13.9. The molecule has 0 amide bonds. The SMILES string of the molecule is COC[P@@](=O)(Cl)O[P@](=O)(Cl)COC. The van der Waals surface area contributed by atoms with Crippen molar-refractivity contribution in [3.05, 3.63) is 0 Å². The Kier molecular flexibility index (Phi) is 6.12. The van der Waals surface area contributed by atoms with E-state index in [4.69, 9.17) is 22.5 Å². The summed E-state index contributed by atoms with van der Waals surface area (Å²) in [7, 11) is 2.57. The van der Waals surface area contributed by atoms with Crippen LogP contribution in [0.4, 0.5) is 0 Å². The van der Waals surface area contributed by atoms with E-state index in [1.54, 1.807) is 0 Å². The normalized spacial score (nSPS) is 20.6. The van der Waals surface area contributed by atoms with Crippen LogP contribution in [0.5, 0.6) is 0 Å². The van der Waals surface area contributed by atoms with Gasteiger partial charge in [-0.2, -0.15) is 0 Å². The quantitative estimate of drug-likeness (QED) is 0.694. The third kappa shape index (κ3) is 6.92. The lowest BCUT2D eigenvalue weighted by Crippen LogP contribution is -1.93. The molecule has 0 heterocycles. The predicted octanol–water partition coefficient (Wildman–Crippen LogP) is 3.07. The second kappa shape index (κ2) is 5.72. The number of halogens is 2. The number of rotatable bonds is 6. The van der Waals surface area contributed by atoms with Crippen molar-refractivity contribution in [2.45, 2.75) is 0 Å². The summed E-state index contributed by atoms with van der Waals surface area (Å²) in [5.41, 5.74) is 0. The van der Waals surface area contributed by atoms with Crippen LogP contribution in [-0.2, 0) is 22.9 Å². The molecule has 9 heteroatoms. The first-order valence-electron chi connectivity index (χ1n) is 3.09.